The van der Waals surface area contributed by atoms with E-state index < -0.39 is 11.7 Å². The normalized spacial score (nSPS) is 17.4. The Kier molecular flexibility index (Phi) is 8.19. The van der Waals surface area contributed by atoms with Gasteiger partial charge in [-0.25, -0.2) is 4.98 Å². The molecule has 3 aromatic heterocycles. The lowest BCUT2D eigenvalue weighted by Gasteiger charge is -2.37. The van der Waals surface area contributed by atoms with Gasteiger partial charge in [0.25, 0.3) is 0 Å². The number of hydrogen-bond acceptors (Lipinski definition) is 10. The Morgan fingerprint density at radius 3 is 2.83 bits per heavy atom. The average molecular weight is 631 g/mol. The van der Waals surface area contributed by atoms with Gasteiger partial charge >= 0.3 is 6.18 Å². The fourth-order valence-electron chi connectivity index (χ4n) is 4.91. The number of aromatic nitrogens is 2. The lowest BCUT2D eigenvalue weighted by molar-refractivity contribution is -0.138. The first-order valence-electron chi connectivity index (χ1n) is 13.1. The Morgan fingerprint density at radius 1 is 1.14 bits per heavy atom. The molecule has 218 valence electrons. The first kappa shape index (κ1) is 28.6. The predicted molar refractivity (Wildman–Crippen MR) is 160 cm³/mol. The van der Waals surface area contributed by atoms with Crippen LogP contribution in [0.2, 0.25) is 0 Å². The first-order valence-corrected chi connectivity index (χ1v) is 15.8. The van der Waals surface area contributed by atoms with Crippen molar-refractivity contribution in [1.29, 1.82) is 0 Å². The molecule has 0 spiro atoms. The van der Waals surface area contributed by atoms with Crippen LogP contribution in [0.15, 0.2) is 74.4 Å². The maximum atomic E-state index is 13.8. The number of alkyl halides is 3. The lowest BCUT2D eigenvalue weighted by Crippen LogP contribution is -2.52. The van der Waals surface area contributed by atoms with E-state index in [0.29, 0.717) is 23.2 Å². The highest BCUT2D eigenvalue weighted by molar-refractivity contribution is 7.99. The van der Waals surface area contributed by atoms with Crippen LogP contribution in [-0.4, -0.2) is 50.1 Å². The number of fused-ring (bicyclic) bond motifs is 1. The van der Waals surface area contributed by atoms with Crippen molar-refractivity contribution < 1.29 is 22.7 Å². The number of amides is 1. The molecular formula is C28H25F3N6O2S3. The second kappa shape index (κ2) is 12.0. The summed E-state index contributed by atoms with van der Waals surface area (Å²) >= 11 is 4.32. The topological polar surface area (TPSA) is 83.0 Å². The van der Waals surface area contributed by atoms with Gasteiger partial charge in [-0.3, -0.25) is 20.2 Å². The Morgan fingerprint density at radius 2 is 2.00 bits per heavy atom. The standard InChI is InChI=1S/C28H25F3N6O2S3/c1-17(38)36-12-5-4-7-21(36)27-35-41-16-37(27)34-26-23(39-22-8-3-2-6-19(22)28(29,30)31)14-18(15-33-26)42-24-9-11-32-20-10-13-40-25(20)24/h2-3,6,8-11,13-15,21H,4-5,7,12,16H2,1H3,(H,33,34). The number of amidine groups is 1. The molecule has 1 N–H and O–H groups in total. The highest BCUT2D eigenvalue weighted by Gasteiger charge is 2.36. The first-order chi connectivity index (χ1) is 20.3. The summed E-state index contributed by atoms with van der Waals surface area (Å²) in [6, 6.07) is 10.4. The number of benzene rings is 1. The van der Waals surface area contributed by atoms with Crippen LogP contribution in [0.25, 0.3) is 10.2 Å². The number of nitrogens with one attached hydrogen (secondary N) is 1. The second-order valence-electron chi connectivity index (χ2n) is 9.63. The van der Waals surface area contributed by atoms with Crippen molar-refractivity contribution in [1.82, 2.24) is 19.9 Å². The van der Waals surface area contributed by atoms with Crippen LogP contribution in [-0.2, 0) is 11.0 Å². The molecular weight excluding hydrogens is 606 g/mol. The van der Waals surface area contributed by atoms with Crippen LogP contribution in [0.1, 0.15) is 31.7 Å². The molecule has 1 amide bonds. The Hall–Kier alpha value is -3.49. The summed E-state index contributed by atoms with van der Waals surface area (Å²) in [5.41, 5.74) is 3.20. The summed E-state index contributed by atoms with van der Waals surface area (Å²) < 4.78 is 53.1. The number of thiophene rings is 1. The molecule has 2 aliphatic heterocycles. The number of piperidine rings is 1. The third-order valence-electron chi connectivity index (χ3n) is 6.84. The number of anilines is 1. The monoisotopic (exact) mass is 630 g/mol. The van der Waals surface area contributed by atoms with Gasteiger partial charge in [-0.05, 0) is 60.9 Å². The van der Waals surface area contributed by atoms with E-state index >= 15 is 0 Å². The largest absolute Gasteiger partial charge is 0.453 e. The van der Waals surface area contributed by atoms with Gasteiger partial charge in [0.05, 0.1) is 21.8 Å². The smallest absolute Gasteiger partial charge is 0.419 e. The van der Waals surface area contributed by atoms with Gasteiger partial charge in [-0.15, -0.1) is 11.3 Å². The number of carbonyl (C=O) groups excluding carboxylic acids is 1. The highest BCUT2D eigenvalue weighted by atomic mass is 32.2. The zero-order chi connectivity index (χ0) is 29.3. The van der Waals surface area contributed by atoms with E-state index in [1.54, 1.807) is 41.7 Å². The van der Waals surface area contributed by atoms with E-state index in [1.165, 1.54) is 41.9 Å². The molecule has 1 unspecified atom stereocenters. The quantitative estimate of drug-likeness (QED) is 0.208. The zero-order valence-electron chi connectivity index (χ0n) is 22.3. The molecule has 1 fully saturated rings. The number of nitrogens with zero attached hydrogens (tertiary/aromatic N) is 5. The van der Waals surface area contributed by atoms with Crippen LogP contribution < -0.4 is 10.2 Å². The van der Waals surface area contributed by atoms with Crippen molar-refractivity contribution in [2.24, 2.45) is 4.40 Å². The molecule has 0 bridgehead atoms. The third-order valence-corrected chi connectivity index (χ3v) is 9.62. The molecule has 1 aromatic carbocycles. The molecule has 14 heteroatoms. The molecule has 8 nitrogen and oxygen atoms in total. The number of hydrazine groups is 1. The second-order valence-corrected chi connectivity index (χ2v) is 12.4. The van der Waals surface area contributed by atoms with Crippen LogP contribution in [0.3, 0.4) is 0 Å². The van der Waals surface area contributed by atoms with E-state index in [0.717, 1.165) is 40.4 Å². The summed E-state index contributed by atoms with van der Waals surface area (Å²) in [5.74, 6) is 1.10. The third kappa shape index (κ3) is 6.01. The summed E-state index contributed by atoms with van der Waals surface area (Å²) in [5, 5.41) is 3.74. The van der Waals surface area contributed by atoms with Gasteiger partial charge < -0.3 is 9.64 Å². The number of ether oxygens (including phenoxy) is 1. The van der Waals surface area contributed by atoms with Gasteiger partial charge in [0, 0.05) is 41.7 Å². The molecule has 5 heterocycles. The van der Waals surface area contributed by atoms with E-state index in [4.69, 9.17) is 4.74 Å². The SMILES string of the molecule is CC(=O)N1CCCCC1C1=NSCN1Nc1ncc(Sc2ccnc3ccsc23)cc1Oc1ccccc1C(F)(F)F. The molecule has 4 aromatic rings. The van der Waals surface area contributed by atoms with Gasteiger partial charge in [-0.2, -0.15) is 17.6 Å². The average Bonchev–Trinajstić information content (AvgIpc) is 3.64. The predicted octanol–water partition coefficient (Wildman–Crippen LogP) is 7.70. The number of hydrogen-bond donors (Lipinski definition) is 1. The minimum absolute atomic E-state index is 0.0255. The van der Waals surface area contributed by atoms with Crippen molar-refractivity contribution in [3.8, 4) is 11.5 Å². The molecule has 0 radical (unpaired) electrons. The van der Waals surface area contributed by atoms with E-state index in [1.807, 2.05) is 22.4 Å². The fourth-order valence-corrected chi connectivity index (χ4v) is 7.51. The van der Waals surface area contributed by atoms with E-state index in [-0.39, 0.29) is 29.3 Å². The van der Waals surface area contributed by atoms with Crippen molar-refractivity contribution in [3.05, 3.63) is 65.8 Å². The zero-order valence-corrected chi connectivity index (χ0v) is 24.7. The van der Waals surface area contributed by atoms with Crippen molar-refractivity contribution >= 4 is 62.8 Å². The van der Waals surface area contributed by atoms with Crippen LogP contribution in [0, 0.1) is 0 Å². The summed E-state index contributed by atoms with van der Waals surface area (Å²) in [7, 11) is 0. The molecule has 42 heavy (non-hydrogen) atoms. The minimum atomic E-state index is -4.60. The fraction of sp³-hybridized carbons (Fsp3) is 0.286. The number of carbonyl (C=O) groups is 1. The van der Waals surface area contributed by atoms with Crippen molar-refractivity contribution in [2.75, 3.05) is 17.8 Å². The minimum Gasteiger partial charge on any atom is -0.453 e. The van der Waals surface area contributed by atoms with Gasteiger partial charge in [0.2, 0.25) is 5.91 Å². The number of halogens is 3. The van der Waals surface area contributed by atoms with E-state index in [2.05, 4.69) is 19.8 Å². The number of likely N-dealkylation sites (tertiary alicyclic amines) is 1. The maximum Gasteiger partial charge on any atom is 0.419 e. The Balaban J connectivity index is 1.34. The number of rotatable bonds is 7. The van der Waals surface area contributed by atoms with Crippen molar-refractivity contribution in [2.45, 2.75) is 48.2 Å². The molecule has 6 rings (SSSR count). The molecule has 2 aliphatic rings. The summed E-state index contributed by atoms with van der Waals surface area (Å²) in [4.78, 5) is 24.8. The molecule has 0 saturated carbocycles. The maximum absolute atomic E-state index is 13.8. The van der Waals surface area contributed by atoms with Crippen molar-refractivity contribution in [3.63, 3.8) is 0 Å². The Bertz CT molecular complexity index is 1650. The lowest BCUT2D eigenvalue weighted by atomic mass is 10.0. The molecule has 0 aliphatic carbocycles. The van der Waals surface area contributed by atoms with Crippen LogP contribution in [0.4, 0.5) is 19.0 Å². The Labute approximate surface area is 252 Å². The van der Waals surface area contributed by atoms with Gasteiger partial charge in [0.1, 0.15) is 11.6 Å². The van der Waals surface area contributed by atoms with Gasteiger partial charge in [0.15, 0.2) is 17.4 Å². The number of para-hydroxylation sites is 1. The van der Waals surface area contributed by atoms with E-state index in [9.17, 15) is 18.0 Å². The number of pyridine rings is 2. The van der Waals surface area contributed by atoms with Gasteiger partial charge in [-0.1, -0.05) is 23.9 Å². The highest BCUT2D eigenvalue weighted by Crippen LogP contribution is 2.42. The molecule has 1 saturated heterocycles. The molecule has 1 atom stereocenters. The summed E-state index contributed by atoms with van der Waals surface area (Å²) in [6.45, 7) is 2.20. The summed E-state index contributed by atoms with van der Waals surface area (Å²) in [6.07, 6.45) is 1.43. The van der Waals surface area contributed by atoms with Crippen LogP contribution in [0.5, 0.6) is 11.5 Å². The van der Waals surface area contributed by atoms with Crippen LogP contribution >= 0.6 is 35.0 Å².